The first-order chi connectivity index (χ1) is 21.5. The minimum absolute atomic E-state index is 0.0668. The summed E-state index contributed by atoms with van der Waals surface area (Å²) in [5, 5.41) is 22.0. The molecular weight excluding hydrogens is 556 g/mol. The summed E-state index contributed by atoms with van der Waals surface area (Å²) in [6.45, 7) is 0.134. The lowest BCUT2D eigenvalue weighted by Gasteiger charge is -2.22. The Morgan fingerprint density at radius 3 is 1.34 bits per heavy atom. The Hall–Kier alpha value is -5.24. The number of phenols is 2. The van der Waals surface area contributed by atoms with Crippen molar-refractivity contribution in [3.8, 4) is 23.0 Å². The van der Waals surface area contributed by atoms with Crippen LogP contribution in [0.15, 0.2) is 107 Å². The topological polar surface area (TPSA) is 118 Å². The van der Waals surface area contributed by atoms with Crippen molar-refractivity contribution >= 4 is 24.0 Å². The summed E-state index contributed by atoms with van der Waals surface area (Å²) in [4.78, 5) is 34.6. The number of benzene rings is 4. The van der Waals surface area contributed by atoms with Crippen molar-refractivity contribution < 1.29 is 29.3 Å². The van der Waals surface area contributed by atoms with Crippen LogP contribution in [-0.2, 0) is 9.59 Å². The van der Waals surface area contributed by atoms with Gasteiger partial charge >= 0.3 is 0 Å². The normalized spacial score (nSPS) is 18.4. The number of carbonyl (C=O) groups excluding carboxylic acids is 2. The number of rotatable bonds is 2. The predicted octanol–water partition coefficient (Wildman–Crippen LogP) is 6.59. The molecule has 44 heavy (non-hydrogen) atoms. The molecule has 2 N–H and O–H groups in total. The van der Waals surface area contributed by atoms with Crippen molar-refractivity contribution in [2.24, 2.45) is 9.98 Å². The second-order valence-corrected chi connectivity index (χ2v) is 10.4. The average molecular weight is 591 g/mol. The number of ether oxygens (including phenoxy) is 2. The number of nitrogens with zero attached hydrogens (tertiary/aromatic N) is 2. The van der Waals surface area contributed by atoms with Crippen molar-refractivity contribution in [2.75, 3.05) is 13.2 Å². The molecule has 0 aromatic heterocycles. The molecule has 4 bridgehead atoms. The molecule has 8 heteroatoms. The molecule has 0 saturated carbocycles. The van der Waals surface area contributed by atoms with Crippen LogP contribution >= 0.6 is 0 Å². The van der Waals surface area contributed by atoms with E-state index in [4.69, 9.17) is 19.5 Å². The van der Waals surface area contributed by atoms with E-state index >= 15 is 0 Å². The number of aromatic hydroxyl groups is 2. The number of phenolic OH excluding ortho intramolecular Hbond substituents is 2. The Balaban J connectivity index is 1.58. The molecule has 4 aromatic carbocycles. The molecule has 0 fully saturated rings. The lowest BCUT2D eigenvalue weighted by molar-refractivity contribution is -0.124. The second kappa shape index (κ2) is 14.8. The number of Topliss-reactive ketones (excluding diaryl/α,β-unsaturated/α-hetero) is 2. The van der Waals surface area contributed by atoms with E-state index in [1.54, 1.807) is 48.8 Å². The number of hydrogen-bond donors (Lipinski definition) is 2. The summed E-state index contributed by atoms with van der Waals surface area (Å²) in [6.07, 6.45) is 3.60. The Morgan fingerprint density at radius 2 is 0.932 bits per heavy atom. The molecule has 0 aliphatic carbocycles. The van der Waals surface area contributed by atoms with Gasteiger partial charge in [0.1, 0.15) is 23.7 Å². The molecule has 1 heterocycles. The molecule has 224 valence electrons. The van der Waals surface area contributed by atoms with Gasteiger partial charge in [-0.1, -0.05) is 72.8 Å². The van der Waals surface area contributed by atoms with Gasteiger partial charge in [-0.2, -0.15) is 0 Å². The highest BCUT2D eigenvalue weighted by atomic mass is 16.5. The van der Waals surface area contributed by atoms with Crippen LogP contribution in [0.1, 0.15) is 60.0 Å². The lowest BCUT2D eigenvalue weighted by Crippen LogP contribution is -2.11. The van der Waals surface area contributed by atoms with Crippen molar-refractivity contribution in [1.29, 1.82) is 0 Å². The smallest absolute Gasteiger partial charge is 0.166 e. The Kier molecular flexibility index (Phi) is 10.2. The molecule has 0 radical (unpaired) electrons. The number of carbonyl (C=O) groups is 2. The number of ketones is 2. The third-order valence-electron chi connectivity index (χ3n) is 7.35. The fourth-order valence-corrected chi connectivity index (χ4v) is 4.92. The van der Waals surface area contributed by atoms with Gasteiger partial charge in [-0.25, -0.2) is 0 Å². The zero-order chi connectivity index (χ0) is 30.7. The summed E-state index contributed by atoms with van der Waals surface area (Å²) >= 11 is 0. The maximum absolute atomic E-state index is 12.4. The summed E-state index contributed by atoms with van der Waals surface area (Å²) in [7, 11) is 0. The quantitative estimate of drug-likeness (QED) is 0.272. The molecule has 1 aliphatic rings. The first kappa shape index (κ1) is 30.2. The minimum atomic E-state index is -0.498. The third kappa shape index (κ3) is 7.77. The van der Waals surface area contributed by atoms with Crippen LogP contribution in [-0.4, -0.2) is 47.4 Å². The fraction of sp³-hybridized carbons (Fsp3) is 0.222. The molecule has 0 amide bonds. The maximum Gasteiger partial charge on any atom is 0.166 e. The molecule has 0 saturated heterocycles. The highest BCUT2D eigenvalue weighted by Gasteiger charge is 2.24. The molecule has 4 aromatic rings. The average Bonchev–Trinajstić information content (AvgIpc) is 3.04. The molecule has 1 aliphatic heterocycles. The van der Waals surface area contributed by atoms with Gasteiger partial charge in [0, 0.05) is 49.2 Å². The van der Waals surface area contributed by atoms with Crippen molar-refractivity contribution in [3.63, 3.8) is 0 Å². The van der Waals surface area contributed by atoms with E-state index in [-0.39, 0.29) is 73.5 Å². The number of aliphatic imine (C=N–C) groups is 2. The van der Waals surface area contributed by atoms with E-state index in [0.717, 1.165) is 11.1 Å². The number of para-hydroxylation sites is 2. The van der Waals surface area contributed by atoms with Gasteiger partial charge in [-0.05, 0) is 35.4 Å². The fourth-order valence-electron chi connectivity index (χ4n) is 4.92. The molecule has 0 spiro atoms. The zero-order valence-corrected chi connectivity index (χ0v) is 24.2. The van der Waals surface area contributed by atoms with Crippen LogP contribution < -0.4 is 9.47 Å². The first-order valence-electron chi connectivity index (χ1n) is 14.6. The van der Waals surface area contributed by atoms with Crippen molar-refractivity contribution in [3.05, 3.63) is 119 Å². The van der Waals surface area contributed by atoms with Crippen LogP contribution in [0.4, 0.5) is 0 Å². The summed E-state index contributed by atoms with van der Waals surface area (Å²) in [5.41, 5.74) is 2.70. The van der Waals surface area contributed by atoms with Gasteiger partial charge in [0.05, 0.1) is 13.2 Å². The van der Waals surface area contributed by atoms with E-state index in [1.807, 2.05) is 60.7 Å². The highest BCUT2D eigenvalue weighted by molar-refractivity contribution is 5.87. The SMILES string of the molecule is O=C1CCOc2cccc(c2O)C=NC(c2ccccc2)C(c2ccccc2)N=Cc2cccc(c2O)OCCC(=O)CC1. The van der Waals surface area contributed by atoms with Gasteiger partial charge in [-0.15, -0.1) is 0 Å². The van der Waals surface area contributed by atoms with Gasteiger partial charge in [0.25, 0.3) is 0 Å². The Labute approximate surface area is 256 Å². The predicted molar refractivity (Wildman–Crippen MR) is 169 cm³/mol. The van der Waals surface area contributed by atoms with Crippen molar-refractivity contribution in [2.45, 2.75) is 37.8 Å². The molecule has 5 rings (SSSR count). The summed E-state index contributed by atoms with van der Waals surface area (Å²) in [6, 6.07) is 28.7. The lowest BCUT2D eigenvalue weighted by atomic mass is 9.94. The van der Waals surface area contributed by atoms with Crippen LogP contribution in [0.2, 0.25) is 0 Å². The van der Waals surface area contributed by atoms with E-state index in [1.165, 1.54) is 0 Å². The Morgan fingerprint density at radius 1 is 0.523 bits per heavy atom. The highest BCUT2D eigenvalue weighted by Crippen LogP contribution is 2.37. The standard InChI is InChI=1S/C36H34N2O6/c39-29-17-18-30(40)20-22-44-32-16-8-14-28(36(32)42)24-38-34(26-11-5-2-6-12-26)33(25-9-3-1-4-10-25)37-23-27-13-7-15-31(35(27)41)43-21-19-29/h1-16,23-24,33-34,41-42H,17-22H2. The van der Waals surface area contributed by atoms with Crippen molar-refractivity contribution in [1.82, 2.24) is 0 Å². The van der Waals surface area contributed by atoms with E-state index in [0.29, 0.717) is 11.1 Å². The van der Waals surface area contributed by atoms with E-state index in [9.17, 15) is 19.8 Å². The minimum Gasteiger partial charge on any atom is -0.504 e. The number of fused-ring (bicyclic) bond motifs is 4. The van der Waals surface area contributed by atoms with Gasteiger partial charge in [-0.3, -0.25) is 19.6 Å². The summed E-state index contributed by atoms with van der Waals surface area (Å²) < 4.78 is 11.5. The van der Waals surface area contributed by atoms with Crippen LogP contribution in [0, 0.1) is 0 Å². The molecule has 8 nitrogen and oxygen atoms in total. The van der Waals surface area contributed by atoms with Gasteiger partial charge < -0.3 is 19.7 Å². The second-order valence-electron chi connectivity index (χ2n) is 10.4. The maximum atomic E-state index is 12.4. The largest absolute Gasteiger partial charge is 0.504 e. The van der Waals surface area contributed by atoms with E-state index in [2.05, 4.69) is 0 Å². The van der Waals surface area contributed by atoms with Crippen LogP contribution in [0.5, 0.6) is 23.0 Å². The Bertz CT molecular complexity index is 1510. The van der Waals surface area contributed by atoms with Gasteiger partial charge in [0.15, 0.2) is 23.0 Å². The molecular formula is C36H34N2O6. The molecule has 2 unspecified atom stereocenters. The summed E-state index contributed by atoms with van der Waals surface area (Å²) in [5.74, 6) is 0.0770. The zero-order valence-electron chi connectivity index (χ0n) is 24.2. The molecule has 2 atom stereocenters. The number of hydrogen-bond acceptors (Lipinski definition) is 8. The monoisotopic (exact) mass is 590 g/mol. The van der Waals surface area contributed by atoms with E-state index < -0.39 is 12.1 Å². The van der Waals surface area contributed by atoms with Crippen LogP contribution in [0.3, 0.4) is 0 Å². The first-order valence-corrected chi connectivity index (χ1v) is 14.6. The van der Waals surface area contributed by atoms with Crippen LogP contribution in [0.25, 0.3) is 0 Å². The van der Waals surface area contributed by atoms with Gasteiger partial charge in [0.2, 0.25) is 0 Å². The third-order valence-corrected chi connectivity index (χ3v) is 7.35.